The first-order valence-electron chi connectivity index (χ1n) is 7.30. The molecule has 120 valence electrons. The van der Waals surface area contributed by atoms with Gasteiger partial charge in [0.1, 0.15) is 5.75 Å². The van der Waals surface area contributed by atoms with Crippen LogP contribution in [-0.4, -0.2) is 25.1 Å². The summed E-state index contributed by atoms with van der Waals surface area (Å²) in [6.07, 6.45) is 5.41. The molecule has 7 heteroatoms. The van der Waals surface area contributed by atoms with E-state index in [1.165, 1.54) is 19.6 Å². The highest BCUT2D eigenvalue weighted by atomic mass is 35.5. The Morgan fingerprint density at radius 3 is 2.59 bits per heavy atom. The summed E-state index contributed by atoms with van der Waals surface area (Å²) in [5.74, 6) is -0.102. The molecule has 1 aromatic carbocycles. The van der Waals surface area contributed by atoms with E-state index >= 15 is 0 Å². The van der Waals surface area contributed by atoms with Crippen molar-refractivity contribution in [3.8, 4) is 5.75 Å². The number of benzene rings is 1. The fourth-order valence-electron chi connectivity index (χ4n) is 2.51. The predicted molar refractivity (Wildman–Crippen MR) is 84.0 cm³/mol. The molecule has 0 unspecified atom stereocenters. The van der Waals surface area contributed by atoms with Crippen molar-refractivity contribution in [2.75, 3.05) is 7.11 Å². The molecule has 0 radical (unpaired) electrons. The minimum atomic E-state index is -0.488. The molecule has 2 rings (SSSR count). The molecule has 0 atom stereocenters. The Morgan fingerprint density at radius 1 is 1.18 bits per heavy atom. The lowest BCUT2D eigenvalue weighted by Gasteiger charge is -2.22. The van der Waals surface area contributed by atoms with Gasteiger partial charge in [-0.2, -0.15) is 0 Å². The molecule has 0 bridgehead atoms. The van der Waals surface area contributed by atoms with E-state index in [0.29, 0.717) is 10.8 Å². The van der Waals surface area contributed by atoms with Crippen LogP contribution in [0.4, 0.5) is 4.79 Å². The molecule has 6 nitrogen and oxygen atoms in total. The summed E-state index contributed by atoms with van der Waals surface area (Å²) in [6.45, 7) is 0. The molecule has 1 aliphatic rings. The summed E-state index contributed by atoms with van der Waals surface area (Å²) in [5, 5.41) is 3.26. The molecule has 3 N–H and O–H groups in total. The highest BCUT2D eigenvalue weighted by Crippen LogP contribution is 2.22. The van der Waals surface area contributed by atoms with Crippen molar-refractivity contribution in [3.63, 3.8) is 0 Å². The number of amides is 3. The van der Waals surface area contributed by atoms with Crippen LogP contribution in [0.1, 0.15) is 42.5 Å². The molecule has 1 fully saturated rings. The van der Waals surface area contributed by atoms with Gasteiger partial charge in [0, 0.05) is 11.1 Å². The third-order valence-electron chi connectivity index (χ3n) is 3.64. The monoisotopic (exact) mass is 325 g/mol. The smallest absolute Gasteiger partial charge is 0.333 e. The zero-order valence-corrected chi connectivity index (χ0v) is 13.2. The van der Waals surface area contributed by atoms with Crippen LogP contribution in [0, 0.1) is 0 Å². The minimum Gasteiger partial charge on any atom is -0.496 e. The first kappa shape index (κ1) is 16.4. The maximum atomic E-state index is 12.1. The van der Waals surface area contributed by atoms with Crippen molar-refractivity contribution >= 4 is 23.5 Å². The van der Waals surface area contributed by atoms with E-state index in [9.17, 15) is 9.59 Å². The van der Waals surface area contributed by atoms with Crippen molar-refractivity contribution in [3.05, 3.63) is 28.8 Å². The number of carbonyl (C=O) groups is 2. The molecular formula is C15H20ClN3O3. The maximum Gasteiger partial charge on any atom is 0.333 e. The number of urea groups is 1. The van der Waals surface area contributed by atoms with Crippen molar-refractivity contribution in [2.24, 2.45) is 0 Å². The van der Waals surface area contributed by atoms with Crippen molar-refractivity contribution in [1.29, 1.82) is 0 Å². The van der Waals surface area contributed by atoms with Crippen LogP contribution >= 0.6 is 11.6 Å². The molecule has 1 saturated carbocycles. The van der Waals surface area contributed by atoms with Crippen LogP contribution in [0.2, 0.25) is 5.02 Å². The minimum absolute atomic E-state index is 0.173. The Labute approximate surface area is 134 Å². The van der Waals surface area contributed by atoms with E-state index in [0.717, 1.165) is 25.7 Å². The Morgan fingerprint density at radius 2 is 1.91 bits per heavy atom. The number of halogens is 1. The number of hydrogen-bond acceptors (Lipinski definition) is 3. The van der Waals surface area contributed by atoms with E-state index in [2.05, 4.69) is 16.2 Å². The van der Waals surface area contributed by atoms with Crippen LogP contribution in [0.15, 0.2) is 18.2 Å². The van der Waals surface area contributed by atoms with Crippen molar-refractivity contribution < 1.29 is 14.3 Å². The van der Waals surface area contributed by atoms with Crippen molar-refractivity contribution in [2.45, 2.75) is 38.1 Å². The number of rotatable bonds is 3. The number of hydrazine groups is 1. The Balaban J connectivity index is 1.86. The topological polar surface area (TPSA) is 79.5 Å². The van der Waals surface area contributed by atoms with Crippen LogP contribution in [0.3, 0.4) is 0 Å². The highest BCUT2D eigenvalue weighted by Gasteiger charge is 2.17. The second kappa shape index (κ2) is 7.89. The predicted octanol–water partition coefficient (Wildman–Crippen LogP) is 2.63. The Hall–Kier alpha value is -1.95. The lowest BCUT2D eigenvalue weighted by Crippen LogP contribution is -2.50. The first-order chi connectivity index (χ1) is 10.6. The van der Waals surface area contributed by atoms with Gasteiger partial charge in [-0.3, -0.25) is 10.2 Å². The van der Waals surface area contributed by atoms with E-state index < -0.39 is 11.9 Å². The lowest BCUT2D eigenvalue weighted by atomic mass is 9.96. The van der Waals surface area contributed by atoms with Crippen LogP contribution in [0.25, 0.3) is 0 Å². The van der Waals surface area contributed by atoms with Gasteiger partial charge in [0.15, 0.2) is 0 Å². The highest BCUT2D eigenvalue weighted by molar-refractivity contribution is 6.31. The molecular weight excluding hydrogens is 306 g/mol. The number of nitrogens with one attached hydrogen (secondary N) is 3. The van der Waals surface area contributed by atoms with E-state index in [1.54, 1.807) is 12.1 Å². The average molecular weight is 326 g/mol. The van der Waals surface area contributed by atoms with Gasteiger partial charge in [-0.15, -0.1) is 0 Å². The number of methoxy groups -OCH3 is 1. The van der Waals surface area contributed by atoms with Gasteiger partial charge in [0.25, 0.3) is 5.91 Å². The van der Waals surface area contributed by atoms with Gasteiger partial charge >= 0.3 is 6.03 Å². The summed E-state index contributed by atoms with van der Waals surface area (Å²) in [4.78, 5) is 23.9. The van der Waals surface area contributed by atoms with Gasteiger partial charge < -0.3 is 10.1 Å². The van der Waals surface area contributed by atoms with Crippen LogP contribution < -0.4 is 20.9 Å². The zero-order valence-electron chi connectivity index (χ0n) is 12.4. The summed E-state index contributed by atoms with van der Waals surface area (Å²) in [5.41, 5.74) is 4.96. The molecule has 0 aliphatic heterocycles. The normalized spacial score (nSPS) is 15.0. The molecule has 22 heavy (non-hydrogen) atoms. The maximum absolute atomic E-state index is 12.1. The summed E-state index contributed by atoms with van der Waals surface area (Å²) >= 11 is 5.87. The summed E-state index contributed by atoms with van der Waals surface area (Å²) in [7, 11) is 1.46. The SMILES string of the molecule is COc1ccc(Cl)cc1C(=O)NNC(=O)NC1CCCCC1. The first-order valence-corrected chi connectivity index (χ1v) is 7.68. The second-order valence-corrected chi connectivity index (χ2v) is 5.67. The summed E-state index contributed by atoms with van der Waals surface area (Å²) < 4.78 is 5.10. The second-order valence-electron chi connectivity index (χ2n) is 5.23. The fraction of sp³-hybridized carbons (Fsp3) is 0.467. The Kier molecular flexibility index (Phi) is 5.89. The Bertz CT molecular complexity index is 545. The van der Waals surface area contributed by atoms with Crippen LogP contribution in [0.5, 0.6) is 5.75 Å². The zero-order chi connectivity index (χ0) is 15.9. The number of carbonyl (C=O) groups excluding carboxylic acids is 2. The lowest BCUT2D eigenvalue weighted by molar-refractivity contribution is 0.0932. The van der Waals surface area contributed by atoms with Gasteiger partial charge in [-0.05, 0) is 31.0 Å². The molecule has 1 aliphatic carbocycles. The van der Waals surface area contributed by atoms with Gasteiger partial charge in [0.05, 0.1) is 12.7 Å². The van der Waals surface area contributed by atoms with Gasteiger partial charge in [-0.25, -0.2) is 10.2 Å². The number of ether oxygens (including phenoxy) is 1. The molecule has 0 saturated heterocycles. The van der Waals surface area contributed by atoms with E-state index in [-0.39, 0.29) is 11.6 Å². The summed E-state index contributed by atoms with van der Waals surface area (Å²) in [6, 6.07) is 4.46. The standard InChI is InChI=1S/C15H20ClN3O3/c1-22-13-8-7-10(16)9-12(13)14(20)18-19-15(21)17-11-5-3-2-4-6-11/h7-9,11H,2-6H2,1H3,(H,18,20)(H2,17,19,21). The fourth-order valence-corrected chi connectivity index (χ4v) is 2.68. The van der Waals surface area contributed by atoms with Gasteiger partial charge in [-0.1, -0.05) is 30.9 Å². The van der Waals surface area contributed by atoms with Gasteiger partial charge in [0.2, 0.25) is 0 Å². The van der Waals surface area contributed by atoms with E-state index in [1.807, 2.05) is 0 Å². The average Bonchev–Trinajstić information content (AvgIpc) is 2.53. The molecule has 0 aromatic heterocycles. The van der Waals surface area contributed by atoms with Crippen molar-refractivity contribution in [1.82, 2.24) is 16.2 Å². The molecule has 0 heterocycles. The quantitative estimate of drug-likeness (QED) is 0.747. The molecule has 1 aromatic rings. The third-order valence-corrected chi connectivity index (χ3v) is 3.87. The number of hydrogen-bond donors (Lipinski definition) is 3. The van der Waals surface area contributed by atoms with Crippen LogP contribution in [-0.2, 0) is 0 Å². The third kappa shape index (κ3) is 4.53. The molecule has 0 spiro atoms. The van der Waals surface area contributed by atoms with E-state index in [4.69, 9.17) is 16.3 Å². The largest absolute Gasteiger partial charge is 0.496 e. The molecule has 3 amide bonds.